The first kappa shape index (κ1) is 17.4. The van der Waals surface area contributed by atoms with E-state index in [9.17, 15) is 4.39 Å². The van der Waals surface area contributed by atoms with Crippen LogP contribution in [0.1, 0.15) is 32.4 Å². The minimum atomic E-state index is -0.212. The highest BCUT2D eigenvalue weighted by atomic mass is 19.1. The monoisotopic (exact) mass is 294 g/mol. The lowest BCUT2D eigenvalue weighted by atomic mass is 10.1. The highest BCUT2D eigenvalue weighted by Crippen LogP contribution is 2.18. The molecule has 0 saturated heterocycles. The van der Waals surface area contributed by atoms with Crippen molar-refractivity contribution in [2.45, 2.75) is 32.4 Å². The lowest BCUT2D eigenvalue weighted by Crippen LogP contribution is -2.49. The maximum atomic E-state index is 13.4. The molecule has 0 spiro atoms. The summed E-state index contributed by atoms with van der Waals surface area (Å²) in [5, 5.41) is 6.61. The lowest BCUT2D eigenvalue weighted by Gasteiger charge is -2.28. The number of nitrogens with zero attached hydrogens (tertiary/aromatic N) is 2. The number of rotatable bonds is 4. The van der Waals surface area contributed by atoms with Crippen LogP contribution in [0.2, 0.25) is 0 Å². The Hall–Kier alpha value is -1.62. The zero-order valence-corrected chi connectivity index (χ0v) is 13.9. The summed E-state index contributed by atoms with van der Waals surface area (Å²) in [7, 11) is 5.71. The largest absolute Gasteiger partial charge is 0.354 e. The Kier molecular flexibility index (Phi) is 6.15. The van der Waals surface area contributed by atoms with Crippen LogP contribution in [0.3, 0.4) is 0 Å². The fourth-order valence-electron chi connectivity index (χ4n) is 2.04. The van der Waals surface area contributed by atoms with Crippen molar-refractivity contribution in [1.29, 1.82) is 0 Å². The van der Waals surface area contributed by atoms with Gasteiger partial charge in [-0.05, 0) is 52.6 Å². The molecule has 1 unspecified atom stereocenters. The third kappa shape index (κ3) is 6.12. The van der Waals surface area contributed by atoms with Gasteiger partial charge in [0.1, 0.15) is 5.82 Å². The topological polar surface area (TPSA) is 39.7 Å². The number of halogens is 1. The summed E-state index contributed by atoms with van der Waals surface area (Å²) in [6, 6.07) is 6.79. The van der Waals surface area contributed by atoms with E-state index in [1.54, 1.807) is 19.2 Å². The Balaban J connectivity index is 2.76. The van der Waals surface area contributed by atoms with Crippen LogP contribution < -0.4 is 10.6 Å². The second kappa shape index (κ2) is 7.41. The molecule has 0 aliphatic carbocycles. The van der Waals surface area contributed by atoms with Crippen LogP contribution >= 0.6 is 0 Å². The van der Waals surface area contributed by atoms with Crippen LogP contribution in [-0.4, -0.2) is 44.1 Å². The van der Waals surface area contributed by atoms with E-state index in [0.717, 1.165) is 11.5 Å². The highest BCUT2D eigenvalue weighted by Gasteiger charge is 2.17. The summed E-state index contributed by atoms with van der Waals surface area (Å²) in [6.07, 6.45) is 0. The normalized spacial score (nSPS) is 14.2. The van der Waals surface area contributed by atoms with Gasteiger partial charge in [-0.1, -0.05) is 12.1 Å². The van der Waals surface area contributed by atoms with Crippen molar-refractivity contribution in [2.24, 2.45) is 4.99 Å². The van der Waals surface area contributed by atoms with Gasteiger partial charge in [-0.15, -0.1) is 0 Å². The van der Waals surface area contributed by atoms with E-state index in [1.807, 2.05) is 20.2 Å². The van der Waals surface area contributed by atoms with Crippen LogP contribution in [0.4, 0.5) is 4.39 Å². The molecule has 118 valence electrons. The Morgan fingerprint density at radius 3 is 2.48 bits per heavy atom. The van der Waals surface area contributed by atoms with Crippen molar-refractivity contribution < 1.29 is 4.39 Å². The van der Waals surface area contributed by atoms with Crippen LogP contribution in [-0.2, 0) is 0 Å². The van der Waals surface area contributed by atoms with Gasteiger partial charge in [0.2, 0.25) is 0 Å². The summed E-state index contributed by atoms with van der Waals surface area (Å²) in [6.45, 7) is 6.88. The molecule has 1 rings (SSSR count). The van der Waals surface area contributed by atoms with Crippen LogP contribution in [0, 0.1) is 5.82 Å². The van der Waals surface area contributed by atoms with Crippen molar-refractivity contribution in [3.8, 4) is 0 Å². The van der Waals surface area contributed by atoms with Crippen LogP contribution in [0.5, 0.6) is 0 Å². The van der Waals surface area contributed by atoms with Gasteiger partial charge < -0.3 is 15.5 Å². The minimum absolute atomic E-state index is 0.0612. The molecular weight excluding hydrogens is 267 g/mol. The number of guanidine groups is 1. The maximum Gasteiger partial charge on any atom is 0.191 e. The van der Waals surface area contributed by atoms with Crippen LogP contribution in [0.25, 0.3) is 0 Å². The number of benzene rings is 1. The van der Waals surface area contributed by atoms with E-state index >= 15 is 0 Å². The number of likely N-dealkylation sites (N-methyl/N-ethyl adjacent to an activating group) is 1. The molecule has 1 atom stereocenters. The van der Waals surface area contributed by atoms with Crippen molar-refractivity contribution in [3.63, 3.8) is 0 Å². The molecule has 0 fully saturated rings. The first-order chi connectivity index (χ1) is 9.73. The molecule has 0 aromatic heterocycles. The fraction of sp³-hybridized carbons (Fsp3) is 0.562. The first-order valence-corrected chi connectivity index (χ1v) is 7.13. The van der Waals surface area contributed by atoms with Gasteiger partial charge in [0.05, 0.1) is 6.04 Å². The van der Waals surface area contributed by atoms with E-state index in [1.165, 1.54) is 6.07 Å². The molecule has 0 radical (unpaired) electrons. The van der Waals surface area contributed by atoms with Gasteiger partial charge in [-0.2, -0.15) is 0 Å². The third-order valence-electron chi connectivity index (χ3n) is 3.04. The third-order valence-corrected chi connectivity index (χ3v) is 3.04. The molecule has 0 bridgehead atoms. The predicted octanol–water partition coefficient (Wildman–Crippen LogP) is 2.39. The Morgan fingerprint density at radius 1 is 1.33 bits per heavy atom. The Morgan fingerprint density at radius 2 is 2.00 bits per heavy atom. The van der Waals surface area contributed by atoms with Crippen molar-refractivity contribution in [2.75, 3.05) is 27.7 Å². The van der Waals surface area contributed by atoms with E-state index < -0.39 is 0 Å². The molecule has 0 heterocycles. The van der Waals surface area contributed by atoms with Crippen molar-refractivity contribution in [3.05, 3.63) is 35.6 Å². The second-order valence-electron chi connectivity index (χ2n) is 6.36. The summed E-state index contributed by atoms with van der Waals surface area (Å²) < 4.78 is 13.4. The smallest absolute Gasteiger partial charge is 0.191 e. The number of aliphatic imine (C=N–C) groups is 1. The second-order valence-corrected chi connectivity index (χ2v) is 6.36. The number of hydrogen-bond acceptors (Lipinski definition) is 2. The average Bonchev–Trinajstić information content (AvgIpc) is 2.36. The lowest BCUT2D eigenvalue weighted by molar-refractivity contribution is 0.296. The molecule has 2 N–H and O–H groups in total. The van der Waals surface area contributed by atoms with E-state index in [0.29, 0.717) is 6.54 Å². The average molecular weight is 294 g/mol. The molecule has 0 saturated carbocycles. The molecule has 0 aliphatic heterocycles. The highest BCUT2D eigenvalue weighted by molar-refractivity contribution is 5.80. The summed E-state index contributed by atoms with van der Waals surface area (Å²) in [5.74, 6) is 0.530. The standard InChI is InChI=1S/C16H27FN4/c1-16(2,3)20-15(18-4)19-11-14(21(5)6)12-8-7-9-13(17)10-12/h7-10,14H,11H2,1-6H3,(H2,18,19,20). The molecule has 0 aliphatic rings. The van der Waals surface area contributed by atoms with Crippen molar-refractivity contribution in [1.82, 2.24) is 15.5 Å². The number of nitrogens with one attached hydrogen (secondary N) is 2. The van der Waals surface area contributed by atoms with Gasteiger partial charge in [0.25, 0.3) is 0 Å². The molecule has 4 nitrogen and oxygen atoms in total. The van der Waals surface area contributed by atoms with E-state index in [2.05, 4.69) is 41.3 Å². The van der Waals surface area contributed by atoms with E-state index in [4.69, 9.17) is 0 Å². The van der Waals surface area contributed by atoms with Gasteiger partial charge in [0, 0.05) is 19.1 Å². The number of hydrogen-bond donors (Lipinski definition) is 2. The fourth-order valence-corrected chi connectivity index (χ4v) is 2.04. The molecule has 5 heteroatoms. The minimum Gasteiger partial charge on any atom is -0.354 e. The Bertz CT molecular complexity index is 477. The van der Waals surface area contributed by atoms with Crippen molar-refractivity contribution >= 4 is 5.96 Å². The van der Waals surface area contributed by atoms with Crippen LogP contribution in [0.15, 0.2) is 29.3 Å². The predicted molar refractivity (Wildman–Crippen MR) is 87.1 cm³/mol. The summed E-state index contributed by atoms with van der Waals surface area (Å²) in [4.78, 5) is 6.28. The van der Waals surface area contributed by atoms with Gasteiger partial charge in [0.15, 0.2) is 5.96 Å². The zero-order chi connectivity index (χ0) is 16.0. The Labute approximate surface area is 127 Å². The summed E-state index contributed by atoms with van der Waals surface area (Å²) in [5.41, 5.74) is 0.882. The zero-order valence-electron chi connectivity index (χ0n) is 13.9. The van der Waals surface area contributed by atoms with Gasteiger partial charge >= 0.3 is 0 Å². The molecule has 1 aromatic carbocycles. The first-order valence-electron chi connectivity index (χ1n) is 7.13. The molecule has 21 heavy (non-hydrogen) atoms. The van der Waals surface area contributed by atoms with E-state index in [-0.39, 0.29) is 17.4 Å². The molecule has 0 amide bonds. The molecule has 1 aromatic rings. The van der Waals surface area contributed by atoms with Gasteiger partial charge in [-0.25, -0.2) is 4.39 Å². The van der Waals surface area contributed by atoms with Gasteiger partial charge in [-0.3, -0.25) is 4.99 Å². The summed E-state index contributed by atoms with van der Waals surface area (Å²) >= 11 is 0. The quantitative estimate of drug-likeness (QED) is 0.661. The SMILES string of the molecule is CN=C(NCC(c1cccc(F)c1)N(C)C)NC(C)(C)C. The molecular formula is C16H27FN4. The maximum absolute atomic E-state index is 13.4.